The number of Topliss-reactive ketones (excluding diaryl/α,β-unsaturated/α-hetero) is 1. The monoisotopic (exact) mass is 467 g/mol. The zero-order valence-electron chi connectivity index (χ0n) is 20.6. The highest BCUT2D eigenvalue weighted by atomic mass is 16.5. The van der Waals surface area contributed by atoms with Crippen LogP contribution in [0.3, 0.4) is 0 Å². The molecule has 2 N–H and O–H groups in total. The number of ether oxygens (including phenoxy) is 2. The second kappa shape index (κ2) is 21.9. The SMILES string of the molecule is CC(=O)COCCOCCNC(=O)CCCCCCCCCCCCCCCc1nn[nH]n1. The standard InChI is InChI=1S/C24H45N5O4/c1-22(30)21-33-20-19-32-18-17-25-24(31)16-14-12-10-8-6-4-2-3-5-7-9-11-13-15-23-26-28-29-27-23/h2-21H2,1H3,(H,25,31)(H,26,27,28,29). The van der Waals surface area contributed by atoms with E-state index < -0.39 is 0 Å². The summed E-state index contributed by atoms with van der Waals surface area (Å²) in [6.07, 6.45) is 17.8. The lowest BCUT2D eigenvalue weighted by molar-refractivity contribution is -0.123. The van der Waals surface area contributed by atoms with Gasteiger partial charge in [-0.3, -0.25) is 9.59 Å². The van der Waals surface area contributed by atoms with Crippen molar-refractivity contribution in [3.8, 4) is 0 Å². The topological polar surface area (TPSA) is 119 Å². The summed E-state index contributed by atoms with van der Waals surface area (Å²) in [6.45, 7) is 3.45. The molecule has 0 atom stereocenters. The van der Waals surface area contributed by atoms with Gasteiger partial charge < -0.3 is 14.8 Å². The van der Waals surface area contributed by atoms with Crippen LogP contribution >= 0.6 is 0 Å². The molecule has 33 heavy (non-hydrogen) atoms. The van der Waals surface area contributed by atoms with E-state index in [0.29, 0.717) is 32.8 Å². The maximum absolute atomic E-state index is 11.8. The normalized spacial score (nSPS) is 11.1. The van der Waals surface area contributed by atoms with E-state index in [-0.39, 0.29) is 18.3 Å². The smallest absolute Gasteiger partial charge is 0.220 e. The van der Waals surface area contributed by atoms with Crippen molar-refractivity contribution in [3.05, 3.63) is 5.82 Å². The van der Waals surface area contributed by atoms with Crippen LogP contribution in [0, 0.1) is 0 Å². The predicted molar refractivity (Wildman–Crippen MR) is 128 cm³/mol. The van der Waals surface area contributed by atoms with E-state index in [0.717, 1.165) is 31.5 Å². The van der Waals surface area contributed by atoms with Crippen molar-refractivity contribution in [2.45, 2.75) is 103 Å². The van der Waals surface area contributed by atoms with Gasteiger partial charge in [-0.15, -0.1) is 10.2 Å². The second-order valence-corrected chi connectivity index (χ2v) is 8.64. The lowest BCUT2D eigenvalue weighted by Gasteiger charge is -2.07. The molecule has 9 heteroatoms. The molecule has 1 aromatic rings. The Morgan fingerprint density at radius 1 is 0.788 bits per heavy atom. The number of hydrogen-bond acceptors (Lipinski definition) is 7. The first-order valence-corrected chi connectivity index (χ1v) is 12.8. The van der Waals surface area contributed by atoms with Gasteiger partial charge >= 0.3 is 0 Å². The van der Waals surface area contributed by atoms with Gasteiger partial charge in [0.25, 0.3) is 0 Å². The van der Waals surface area contributed by atoms with Gasteiger partial charge in [0.2, 0.25) is 5.91 Å². The first-order chi connectivity index (χ1) is 16.2. The number of unbranched alkanes of at least 4 members (excludes halogenated alkanes) is 12. The Bertz CT molecular complexity index is 583. The Kier molecular flexibility index (Phi) is 19.4. The van der Waals surface area contributed by atoms with Crippen molar-refractivity contribution in [1.29, 1.82) is 0 Å². The zero-order valence-corrected chi connectivity index (χ0v) is 20.6. The third kappa shape index (κ3) is 20.5. The maximum Gasteiger partial charge on any atom is 0.220 e. The fourth-order valence-corrected chi connectivity index (χ4v) is 3.59. The predicted octanol–water partition coefficient (Wildman–Crippen LogP) is 3.94. The summed E-state index contributed by atoms with van der Waals surface area (Å²) < 4.78 is 10.4. The van der Waals surface area contributed by atoms with Crippen molar-refractivity contribution in [1.82, 2.24) is 25.9 Å². The fourth-order valence-electron chi connectivity index (χ4n) is 3.59. The van der Waals surface area contributed by atoms with Crippen LogP contribution in [0.25, 0.3) is 0 Å². The molecule has 0 aromatic carbocycles. The van der Waals surface area contributed by atoms with Gasteiger partial charge in [-0.2, -0.15) is 5.21 Å². The van der Waals surface area contributed by atoms with Crippen molar-refractivity contribution >= 4 is 11.7 Å². The number of carbonyl (C=O) groups excluding carboxylic acids is 2. The van der Waals surface area contributed by atoms with Gasteiger partial charge in [-0.05, 0) is 19.8 Å². The van der Waals surface area contributed by atoms with Crippen LogP contribution in [0.15, 0.2) is 0 Å². The molecule has 190 valence electrons. The molecule has 0 aliphatic rings. The summed E-state index contributed by atoms with van der Waals surface area (Å²) >= 11 is 0. The molecule has 0 spiro atoms. The summed E-state index contributed by atoms with van der Waals surface area (Å²) in [5.41, 5.74) is 0. The number of amides is 1. The van der Waals surface area contributed by atoms with Crippen LogP contribution in [0.5, 0.6) is 0 Å². The van der Waals surface area contributed by atoms with E-state index in [1.54, 1.807) is 0 Å². The lowest BCUT2D eigenvalue weighted by atomic mass is 10.0. The molecule has 0 radical (unpaired) electrons. The average Bonchev–Trinajstić information content (AvgIpc) is 3.31. The van der Waals surface area contributed by atoms with Crippen LogP contribution < -0.4 is 5.32 Å². The molecule has 0 fully saturated rings. The fraction of sp³-hybridized carbons (Fsp3) is 0.875. The number of nitrogens with one attached hydrogen (secondary N) is 2. The van der Waals surface area contributed by atoms with Crippen molar-refractivity contribution in [2.24, 2.45) is 0 Å². The van der Waals surface area contributed by atoms with Crippen LogP contribution in [-0.2, 0) is 25.5 Å². The van der Waals surface area contributed by atoms with Crippen LogP contribution in [-0.4, -0.2) is 65.3 Å². The summed E-state index contributed by atoms with van der Waals surface area (Å²) in [5, 5.41) is 16.9. The zero-order chi connectivity index (χ0) is 23.8. The molecule has 0 unspecified atom stereocenters. The molecule has 1 aromatic heterocycles. The Morgan fingerprint density at radius 2 is 1.36 bits per heavy atom. The van der Waals surface area contributed by atoms with Crippen LogP contribution in [0.2, 0.25) is 0 Å². The van der Waals surface area contributed by atoms with Crippen LogP contribution in [0.1, 0.15) is 103 Å². The summed E-state index contributed by atoms with van der Waals surface area (Å²) in [4.78, 5) is 22.5. The lowest BCUT2D eigenvalue weighted by Crippen LogP contribution is -2.27. The molecule has 0 saturated heterocycles. The minimum Gasteiger partial charge on any atom is -0.377 e. The molecular weight excluding hydrogens is 422 g/mol. The van der Waals surface area contributed by atoms with E-state index in [4.69, 9.17) is 9.47 Å². The summed E-state index contributed by atoms with van der Waals surface area (Å²) in [5.74, 6) is 0.931. The number of rotatable bonds is 24. The van der Waals surface area contributed by atoms with Gasteiger partial charge in [-0.25, -0.2) is 0 Å². The number of hydrogen-bond donors (Lipinski definition) is 2. The molecule has 1 heterocycles. The first kappa shape index (κ1) is 29.2. The van der Waals surface area contributed by atoms with Crippen molar-refractivity contribution in [2.75, 3.05) is 33.0 Å². The molecular formula is C24H45N5O4. The largest absolute Gasteiger partial charge is 0.377 e. The van der Waals surface area contributed by atoms with E-state index in [2.05, 4.69) is 25.9 Å². The number of ketones is 1. The van der Waals surface area contributed by atoms with Gasteiger partial charge in [0, 0.05) is 19.4 Å². The average molecular weight is 468 g/mol. The van der Waals surface area contributed by atoms with Crippen molar-refractivity contribution in [3.63, 3.8) is 0 Å². The molecule has 1 rings (SSSR count). The summed E-state index contributed by atoms with van der Waals surface area (Å²) in [6, 6.07) is 0. The van der Waals surface area contributed by atoms with Crippen molar-refractivity contribution < 1.29 is 19.1 Å². The van der Waals surface area contributed by atoms with E-state index in [1.165, 1.54) is 71.1 Å². The van der Waals surface area contributed by atoms with Gasteiger partial charge in [0.1, 0.15) is 6.61 Å². The number of aromatic amines is 1. The molecule has 0 bridgehead atoms. The number of aromatic nitrogens is 4. The van der Waals surface area contributed by atoms with Gasteiger partial charge in [0.15, 0.2) is 11.6 Å². The number of tetrazole rings is 1. The highest BCUT2D eigenvalue weighted by molar-refractivity contribution is 5.76. The number of nitrogens with zero attached hydrogens (tertiary/aromatic N) is 3. The Labute approximate surface area is 199 Å². The third-order valence-electron chi connectivity index (χ3n) is 5.44. The highest BCUT2D eigenvalue weighted by Gasteiger charge is 2.01. The minimum atomic E-state index is 0.00867. The molecule has 0 aliphatic carbocycles. The Balaban J connectivity index is 1.70. The second-order valence-electron chi connectivity index (χ2n) is 8.64. The van der Waals surface area contributed by atoms with Gasteiger partial charge in [0.05, 0.1) is 19.8 Å². The molecule has 9 nitrogen and oxygen atoms in total. The van der Waals surface area contributed by atoms with E-state index in [1.807, 2.05) is 0 Å². The first-order valence-electron chi connectivity index (χ1n) is 12.8. The summed E-state index contributed by atoms with van der Waals surface area (Å²) in [7, 11) is 0. The molecule has 0 aliphatic heterocycles. The number of carbonyl (C=O) groups is 2. The highest BCUT2D eigenvalue weighted by Crippen LogP contribution is 2.13. The molecule has 0 saturated carbocycles. The maximum atomic E-state index is 11.8. The number of H-pyrrole nitrogens is 1. The minimum absolute atomic E-state index is 0.00867. The van der Waals surface area contributed by atoms with Gasteiger partial charge in [-0.1, -0.05) is 75.8 Å². The molecule has 1 amide bonds. The Morgan fingerprint density at radius 3 is 1.94 bits per heavy atom. The third-order valence-corrected chi connectivity index (χ3v) is 5.44. The quantitative estimate of drug-likeness (QED) is 0.221. The van der Waals surface area contributed by atoms with Crippen LogP contribution in [0.4, 0.5) is 0 Å². The van der Waals surface area contributed by atoms with E-state index in [9.17, 15) is 9.59 Å². The number of aryl methyl sites for hydroxylation is 1. The Hall–Kier alpha value is -1.87. The van der Waals surface area contributed by atoms with E-state index >= 15 is 0 Å².